The first-order valence-corrected chi connectivity index (χ1v) is 9.12. The Labute approximate surface area is 159 Å². The van der Waals surface area contributed by atoms with Crippen molar-refractivity contribution in [2.45, 2.75) is 18.9 Å². The van der Waals surface area contributed by atoms with Crippen molar-refractivity contribution < 1.29 is 4.79 Å². The number of nitrogens with zero attached hydrogens (tertiary/aromatic N) is 1. The Morgan fingerprint density at radius 1 is 1.12 bits per heavy atom. The Hall–Kier alpha value is -2.30. The highest BCUT2D eigenvalue weighted by molar-refractivity contribution is 6.31. The molecule has 2 N–H and O–H groups in total. The summed E-state index contributed by atoms with van der Waals surface area (Å²) in [6.45, 7) is 2.51. The van der Waals surface area contributed by atoms with Gasteiger partial charge >= 0.3 is 0 Å². The second kappa shape index (κ2) is 7.94. The van der Waals surface area contributed by atoms with E-state index >= 15 is 0 Å². The van der Waals surface area contributed by atoms with Crippen molar-refractivity contribution >= 4 is 28.4 Å². The number of hydrogen-bond acceptors (Lipinski definition) is 2. The lowest BCUT2D eigenvalue weighted by atomic mass is 9.90. The summed E-state index contributed by atoms with van der Waals surface area (Å²) in [5.74, 6) is 0.0964. The first kappa shape index (κ1) is 18.5. The molecular weight excluding hydrogens is 346 g/mol. The van der Waals surface area contributed by atoms with E-state index in [-0.39, 0.29) is 17.9 Å². The second-order valence-corrected chi connectivity index (χ2v) is 7.13. The van der Waals surface area contributed by atoms with Gasteiger partial charge in [0.05, 0.1) is 6.04 Å². The van der Waals surface area contributed by atoms with Gasteiger partial charge in [0.2, 0.25) is 5.91 Å². The van der Waals surface area contributed by atoms with Gasteiger partial charge in [0.1, 0.15) is 0 Å². The normalized spacial score (nSPS) is 13.5. The number of benzene rings is 2. The molecule has 0 spiro atoms. The van der Waals surface area contributed by atoms with Gasteiger partial charge in [0.15, 0.2) is 0 Å². The van der Waals surface area contributed by atoms with Crippen LogP contribution < -0.4 is 5.32 Å². The van der Waals surface area contributed by atoms with Crippen molar-refractivity contribution in [3.8, 4) is 0 Å². The quantitative estimate of drug-likeness (QED) is 0.689. The van der Waals surface area contributed by atoms with Crippen LogP contribution in [0.2, 0.25) is 5.02 Å². The van der Waals surface area contributed by atoms with E-state index in [2.05, 4.69) is 28.5 Å². The number of para-hydroxylation sites is 1. The van der Waals surface area contributed by atoms with E-state index in [1.54, 1.807) is 19.0 Å². The molecule has 0 saturated heterocycles. The number of fused-ring (bicyclic) bond motifs is 1. The van der Waals surface area contributed by atoms with Gasteiger partial charge in [-0.15, -0.1) is 0 Å². The number of rotatable bonds is 6. The summed E-state index contributed by atoms with van der Waals surface area (Å²) in [5.41, 5.74) is 3.32. The number of aromatic amines is 1. The first-order chi connectivity index (χ1) is 12.5. The zero-order valence-electron chi connectivity index (χ0n) is 15.3. The molecule has 0 aliphatic carbocycles. The average Bonchev–Trinajstić information content (AvgIpc) is 3.06. The largest absolute Gasteiger partial charge is 0.361 e. The van der Waals surface area contributed by atoms with Gasteiger partial charge in [-0.3, -0.25) is 4.79 Å². The SMILES string of the molecule is C[C@H](NC[C@@H](c1ccccc1Cl)c1c[nH]c2ccccc12)C(=O)N(C)C. The Kier molecular flexibility index (Phi) is 5.64. The fourth-order valence-electron chi connectivity index (χ4n) is 3.30. The summed E-state index contributed by atoms with van der Waals surface area (Å²) in [6, 6.07) is 15.9. The van der Waals surface area contributed by atoms with Crippen molar-refractivity contribution in [2.75, 3.05) is 20.6 Å². The number of carbonyl (C=O) groups is 1. The number of hydrogen-bond donors (Lipinski definition) is 2. The summed E-state index contributed by atoms with van der Waals surface area (Å²) in [6.07, 6.45) is 2.04. The third kappa shape index (κ3) is 3.76. The monoisotopic (exact) mass is 369 g/mol. The molecule has 0 bridgehead atoms. The molecule has 1 aromatic heterocycles. The summed E-state index contributed by atoms with van der Waals surface area (Å²) < 4.78 is 0. The number of carbonyl (C=O) groups excluding carboxylic acids is 1. The average molecular weight is 370 g/mol. The fraction of sp³-hybridized carbons (Fsp3) is 0.286. The number of amides is 1. The fourth-order valence-corrected chi connectivity index (χ4v) is 3.56. The van der Waals surface area contributed by atoms with Crippen LogP contribution in [0.3, 0.4) is 0 Å². The minimum absolute atomic E-state index is 0.0391. The van der Waals surface area contributed by atoms with Crippen molar-refractivity contribution in [3.05, 3.63) is 70.9 Å². The summed E-state index contributed by atoms with van der Waals surface area (Å²) in [7, 11) is 3.54. The number of halogens is 1. The molecular formula is C21H24ClN3O. The molecule has 5 heteroatoms. The van der Waals surface area contributed by atoms with Crippen molar-refractivity contribution in [1.29, 1.82) is 0 Å². The third-order valence-electron chi connectivity index (χ3n) is 4.72. The van der Waals surface area contributed by atoms with Crippen LogP contribution in [0.15, 0.2) is 54.7 Å². The summed E-state index contributed by atoms with van der Waals surface area (Å²) in [4.78, 5) is 17.1. The minimum atomic E-state index is -0.264. The van der Waals surface area contributed by atoms with Crippen LogP contribution in [0.25, 0.3) is 10.9 Å². The highest BCUT2D eigenvalue weighted by atomic mass is 35.5. The lowest BCUT2D eigenvalue weighted by molar-refractivity contribution is -0.130. The molecule has 1 heterocycles. The van der Waals surface area contributed by atoms with E-state index in [9.17, 15) is 4.79 Å². The van der Waals surface area contributed by atoms with Gasteiger partial charge in [-0.25, -0.2) is 0 Å². The molecule has 0 aliphatic rings. The van der Waals surface area contributed by atoms with Crippen LogP contribution in [0.4, 0.5) is 0 Å². The van der Waals surface area contributed by atoms with Crippen LogP contribution in [-0.2, 0) is 4.79 Å². The Balaban J connectivity index is 1.95. The molecule has 3 aromatic rings. The van der Waals surface area contributed by atoms with Crippen molar-refractivity contribution in [2.24, 2.45) is 0 Å². The molecule has 1 amide bonds. The number of H-pyrrole nitrogens is 1. The maximum atomic E-state index is 12.2. The predicted octanol–water partition coefficient (Wildman–Crippen LogP) is 4.02. The first-order valence-electron chi connectivity index (χ1n) is 8.74. The van der Waals surface area contributed by atoms with Gasteiger partial charge in [0, 0.05) is 48.7 Å². The number of nitrogens with one attached hydrogen (secondary N) is 2. The number of aromatic nitrogens is 1. The Morgan fingerprint density at radius 3 is 2.54 bits per heavy atom. The lowest BCUT2D eigenvalue weighted by Crippen LogP contribution is -2.43. The van der Waals surface area contributed by atoms with E-state index < -0.39 is 0 Å². The lowest BCUT2D eigenvalue weighted by Gasteiger charge is -2.23. The number of likely N-dealkylation sites (N-methyl/N-ethyl adjacent to an activating group) is 1. The summed E-state index contributed by atoms with van der Waals surface area (Å²) in [5, 5.41) is 5.28. The van der Waals surface area contributed by atoms with Crippen LogP contribution in [0.1, 0.15) is 24.0 Å². The van der Waals surface area contributed by atoms with E-state index in [0.29, 0.717) is 6.54 Å². The standard InChI is InChI=1S/C21H24ClN3O/c1-14(21(26)25(2)3)23-12-17(15-8-4-6-10-19(15)22)18-13-24-20-11-7-5-9-16(18)20/h4-11,13-14,17,23-24H,12H2,1-3H3/t14-,17-/m0/s1. The molecule has 136 valence electrons. The smallest absolute Gasteiger partial charge is 0.238 e. The molecule has 0 unspecified atom stereocenters. The van der Waals surface area contributed by atoms with E-state index in [1.165, 1.54) is 10.9 Å². The third-order valence-corrected chi connectivity index (χ3v) is 5.06. The molecule has 0 aliphatic heterocycles. The zero-order chi connectivity index (χ0) is 18.7. The molecule has 2 aromatic carbocycles. The van der Waals surface area contributed by atoms with Gasteiger partial charge in [0.25, 0.3) is 0 Å². The van der Waals surface area contributed by atoms with Crippen LogP contribution in [0, 0.1) is 0 Å². The summed E-state index contributed by atoms with van der Waals surface area (Å²) >= 11 is 6.50. The predicted molar refractivity (Wildman–Crippen MR) is 108 cm³/mol. The van der Waals surface area contributed by atoms with E-state index in [4.69, 9.17) is 11.6 Å². The zero-order valence-corrected chi connectivity index (χ0v) is 16.0. The molecule has 0 saturated carbocycles. The minimum Gasteiger partial charge on any atom is -0.361 e. The van der Waals surface area contributed by atoms with Crippen molar-refractivity contribution in [3.63, 3.8) is 0 Å². The van der Waals surface area contributed by atoms with E-state index in [0.717, 1.165) is 16.1 Å². The highest BCUT2D eigenvalue weighted by Gasteiger charge is 2.22. The van der Waals surface area contributed by atoms with Crippen LogP contribution in [-0.4, -0.2) is 42.5 Å². The molecule has 0 fully saturated rings. The second-order valence-electron chi connectivity index (χ2n) is 6.73. The Morgan fingerprint density at radius 2 is 1.81 bits per heavy atom. The maximum Gasteiger partial charge on any atom is 0.238 e. The highest BCUT2D eigenvalue weighted by Crippen LogP contribution is 2.34. The topological polar surface area (TPSA) is 48.1 Å². The van der Waals surface area contributed by atoms with Crippen LogP contribution in [0.5, 0.6) is 0 Å². The van der Waals surface area contributed by atoms with E-state index in [1.807, 2.05) is 43.5 Å². The van der Waals surface area contributed by atoms with Gasteiger partial charge in [-0.05, 0) is 30.2 Å². The van der Waals surface area contributed by atoms with Gasteiger partial charge < -0.3 is 15.2 Å². The molecule has 3 rings (SSSR count). The molecule has 2 atom stereocenters. The molecule has 0 radical (unpaired) electrons. The maximum absolute atomic E-state index is 12.2. The van der Waals surface area contributed by atoms with Gasteiger partial charge in [-0.2, -0.15) is 0 Å². The van der Waals surface area contributed by atoms with Crippen molar-refractivity contribution in [1.82, 2.24) is 15.2 Å². The van der Waals surface area contributed by atoms with Crippen LogP contribution >= 0.6 is 11.6 Å². The van der Waals surface area contributed by atoms with Gasteiger partial charge in [-0.1, -0.05) is 48.0 Å². The molecule has 4 nitrogen and oxygen atoms in total. The molecule has 26 heavy (non-hydrogen) atoms. The Bertz CT molecular complexity index is 903.